The number of para-hydroxylation sites is 1. The summed E-state index contributed by atoms with van der Waals surface area (Å²) in [7, 11) is 0. The second-order valence-electron chi connectivity index (χ2n) is 7.68. The van der Waals surface area contributed by atoms with Crippen molar-refractivity contribution in [2.75, 3.05) is 42.9 Å². The van der Waals surface area contributed by atoms with Gasteiger partial charge in [0.15, 0.2) is 0 Å². The van der Waals surface area contributed by atoms with Crippen LogP contribution >= 0.6 is 0 Å². The highest BCUT2D eigenvalue weighted by Crippen LogP contribution is 2.22. The van der Waals surface area contributed by atoms with Crippen LogP contribution in [0, 0.1) is 19.7 Å². The maximum atomic E-state index is 14.2. The van der Waals surface area contributed by atoms with Crippen LogP contribution in [0.4, 0.5) is 16.0 Å². The third-order valence-electron chi connectivity index (χ3n) is 5.42. The Morgan fingerprint density at radius 2 is 1.87 bits per heavy atom. The topological polar surface area (TPSA) is 53.4 Å². The molecule has 1 fully saturated rings. The Kier molecular flexibility index (Phi) is 5.81. The fraction of sp³-hybridized carbons (Fsp3) is 0.304. The van der Waals surface area contributed by atoms with E-state index in [1.165, 1.54) is 6.07 Å². The molecule has 1 aromatic heterocycles. The Bertz CT molecular complexity index is 1040. The highest BCUT2D eigenvalue weighted by Gasteiger charge is 2.23. The Morgan fingerprint density at radius 1 is 1.10 bits per heavy atom. The summed E-state index contributed by atoms with van der Waals surface area (Å²) in [5.74, 6) is 0.433. The minimum absolute atomic E-state index is 0.00925. The van der Waals surface area contributed by atoms with Gasteiger partial charge in [-0.15, -0.1) is 0 Å². The van der Waals surface area contributed by atoms with Crippen LogP contribution in [0.3, 0.4) is 0 Å². The second kappa shape index (κ2) is 8.67. The van der Waals surface area contributed by atoms with E-state index in [1.807, 2.05) is 38.1 Å². The van der Waals surface area contributed by atoms with Gasteiger partial charge in [-0.3, -0.25) is 14.3 Å². The van der Waals surface area contributed by atoms with E-state index in [0.717, 1.165) is 48.9 Å². The van der Waals surface area contributed by atoms with Crippen molar-refractivity contribution in [2.45, 2.75) is 13.8 Å². The molecular weight excluding hydrogens is 381 g/mol. The van der Waals surface area contributed by atoms with E-state index in [0.29, 0.717) is 12.2 Å². The highest BCUT2D eigenvalue weighted by molar-refractivity contribution is 5.93. The van der Waals surface area contributed by atoms with Crippen molar-refractivity contribution in [1.82, 2.24) is 14.5 Å². The molecule has 3 aromatic rings. The van der Waals surface area contributed by atoms with Crippen LogP contribution in [0.15, 0.2) is 54.9 Å². The number of aromatic nitrogens is 2. The lowest BCUT2D eigenvalue weighted by Crippen LogP contribution is -2.49. The SMILES string of the molecule is Cc1ccc(C)c(NC(=O)CN2CCN(c3nccn3-c3ccccc3F)CC2)c1. The van der Waals surface area contributed by atoms with Gasteiger partial charge in [0.2, 0.25) is 11.9 Å². The molecule has 1 aliphatic rings. The van der Waals surface area contributed by atoms with Crippen molar-refractivity contribution in [3.63, 3.8) is 0 Å². The van der Waals surface area contributed by atoms with Gasteiger partial charge >= 0.3 is 0 Å². The van der Waals surface area contributed by atoms with E-state index in [9.17, 15) is 9.18 Å². The zero-order chi connectivity index (χ0) is 21.1. The Labute approximate surface area is 175 Å². The van der Waals surface area contributed by atoms with Crippen molar-refractivity contribution >= 4 is 17.5 Å². The molecule has 1 aliphatic heterocycles. The van der Waals surface area contributed by atoms with Gasteiger partial charge in [-0.05, 0) is 43.2 Å². The number of carbonyl (C=O) groups excluding carboxylic acids is 1. The number of imidazole rings is 1. The molecule has 0 bridgehead atoms. The predicted molar refractivity (Wildman–Crippen MR) is 117 cm³/mol. The number of nitrogens with zero attached hydrogens (tertiary/aromatic N) is 4. The molecule has 4 rings (SSSR count). The van der Waals surface area contributed by atoms with Crippen molar-refractivity contribution in [2.24, 2.45) is 0 Å². The molecule has 0 atom stereocenters. The first kappa shape index (κ1) is 20.1. The lowest BCUT2D eigenvalue weighted by Gasteiger charge is -2.35. The van der Waals surface area contributed by atoms with Gasteiger partial charge in [-0.25, -0.2) is 9.37 Å². The molecule has 6 nitrogen and oxygen atoms in total. The standard InChI is InChI=1S/C23H26FN5O/c1-17-7-8-18(2)20(15-17)26-22(30)16-27-11-13-28(14-12-27)23-25-9-10-29(23)21-6-4-3-5-19(21)24/h3-10,15H,11-14,16H2,1-2H3,(H,26,30). The van der Waals surface area contributed by atoms with E-state index < -0.39 is 0 Å². The number of hydrogen-bond donors (Lipinski definition) is 1. The van der Waals surface area contributed by atoms with Crippen molar-refractivity contribution in [3.05, 3.63) is 71.8 Å². The molecule has 0 saturated carbocycles. The number of aryl methyl sites for hydroxylation is 2. The van der Waals surface area contributed by atoms with Crippen LogP contribution in [-0.4, -0.2) is 53.1 Å². The molecule has 7 heteroatoms. The minimum atomic E-state index is -0.279. The van der Waals surface area contributed by atoms with Crippen LogP contribution in [0.2, 0.25) is 0 Å². The first-order valence-corrected chi connectivity index (χ1v) is 10.1. The molecule has 0 aliphatic carbocycles. The maximum Gasteiger partial charge on any atom is 0.238 e. The van der Waals surface area contributed by atoms with Gasteiger partial charge in [0.1, 0.15) is 5.82 Å². The van der Waals surface area contributed by atoms with Crippen molar-refractivity contribution in [1.29, 1.82) is 0 Å². The average Bonchev–Trinajstić information content (AvgIpc) is 3.21. The van der Waals surface area contributed by atoms with E-state index >= 15 is 0 Å². The fourth-order valence-electron chi connectivity index (χ4n) is 3.73. The number of nitrogens with one attached hydrogen (secondary N) is 1. The number of hydrogen-bond acceptors (Lipinski definition) is 4. The number of benzene rings is 2. The molecule has 1 saturated heterocycles. The smallest absolute Gasteiger partial charge is 0.238 e. The van der Waals surface area contributed by atoms with Crippen LogP contribution in [0.1, 0.15) is 11.1 Å². The lowest BCUT2D eigenvalue weighted by atomic mass is 10.1. The number of rotatable bonds is 5. The summed E-state index contributed by atoms with van der Waals surface area (Å²) in [6, 6.07) is 12.7. The minimum Gasteiger partial charge on any atom is -0.339 e. The van der Waals surface area contributed by atoms with E-state index in [4.69, 9.17) is 0 Å². The zero-order valence-electron chi connectivity index (χ0n) is 17.3. The summed E-state index contributed by atoms with van der Waals surface area (Å²) >= 11 is 0. The Balaban J connectivity index is 1.36. The summed E-state index contributed by atoms with van der Waals surface area (Å²) < 4.78 is 16.0. The molecule has 2 aromatic carbocycles. The molecule has 30 heavy (non-hydrogen) atoms. The molecule has 2 heterocycles. The van der Waals surface area contributed by atoms with Gasteiger partial charge in [0.05, 0.1) is 12.2 Å². The summed E-state index contributed by atoms with van der Waals surface area (Å²) in [5.41, 5.74) is 3.53. The van der Waals surface area contributed by atoms with Crippen LogP contribution in [0.25, 0.3) is 5.69 Å². The normalized spacial score (nSPS) is 14.7. The Hall–Kier alpha value is -3.19. The summed E-state index contributed by atoms with van der Waals surface area (Å²) in [4.78, 5) is 21.2. The lowest BCUT2D eigenvalue weighted by molar-refractivity contribution is -0.117. The third kappa shape index (κ3) is 4.36. The molecule has 0 spiro atoms. The van der Waals surface area contributed by atoms with Crippen LogP contribution in [-0.2, 0) is 4.79 Å². The van der Waals surface area contributed by atoms with Crippen LogP contribution < -0.4 is 10.2 Å². The third-order valence-corrected chi connectivity index (χ3v) is 5.42. The Morgan fingerprint density at radius 3 is 2.63 bits per heavy atom. The maximum absolute atomic E-state index is 14.2. The summed E-state index contributed by atoms with van der Waals surface area (Å²) in [6.07, 6.45) is 3.46. The van der Waals surface area contributed by atoms with Gasteiger partial charge in [-0.1, -0.05) is 24.3 Å². The molecule has 1 amide bonds. The molecule has 1 N–H and O–H groups in total. The number of anilines is 2. The fourth-order valence-corrected chi connectivity index (χ4v) is 3.73. The van der Waals surface area contributed by atoms with Gasteiger partial charge in [-0.2, -0.15) is 0 Å². The monoisotopic (exact) mass is 407 g/mol. The average molecular weight is 407 g/mol. The largest absolute Gasteiger partial charge is 0.339 e. The molecule has 0 unspecified atom stereocenters. The van der Waals surface area contributed by atoms with E-state index in [-0.39, 0.29) is 11.7 Å². The van der Waals surface area contributed by atoms with Crippen molar-refractivity contribution in [3.8, 4) is 5.69 Å². The van der Waals surface area contributed by atoms with Crippen molar-refractivity contribution < 1.29 is 9.18 Å². The highest BCUT2D eigenvalue weighted by atomic mass is 19.1. The predicted octanol–water partition coefficient (Wildman–Crippen LogP) is 3.39. The molecule has 0 radical (unpaired) electrons. The van der Waals surface area contributed by atoms with E-state index in [1.54, 1.807) is 29.1 Å². The first-order chi connectivity index (χ1) is 14.5. The van der Waals surface area contributed by atoms with Crippen LogP contribution in [0.5, 0.6) is 0 Å². The molecule has 156 valence electrons. The summed E-state index contributed by atoms with van der Waals surface area (Å²) in [5, 5.41) is 3.02. The first-order valence-electron chi connectivity index (χ1n) is 10.1. The van der Waals surface area contributed by atoms with E-state index in [2.05, 4.69) is 20.1 Å². The van der Waals surface area contributed by atoms with Gasteiger partial charge in [0, 0.05) is 44.3 Å². The summed E-state index contributed by atoms with van der Waals surface area (Å²) in [6.45, 7) is 7.28. The number of halogens is 1. The van der Waals surface area contributed by atoms with Gasteiger partial charge in [0.25, 0.3) is 0 Å². The second-order valence-corrected chi connectivity index (χ2v) is 7.68. The quantitative estimate of drug-likeness (QED) is 0.705. The number of carbonyl (C=O) groups is 1. The molecular formula is C23H26FN5O. The number of piperazine rings is 1. The van der Waals surface area contributed by atoms with Gasteiger partial charge < -0.3 is 10.2 Å². The zero-order valence-corrected chi connectivity index (χ0v) is 17.3. The number of amides is 1.